The summed E-state index contributed by atoms with van der Waals surface area (Å²) in [5.41, 5.74) is 3.14. The van der Waals surface area contributed by atoms with Crippen molar-refractivity contribution in [2.45, 2.75) is 19.5 Å². The van der Waals surface area contributed by atoms with Gasteiger partial charge < -0.3 is 15.5 Å². The molecule has 5 nitrogen and oxygen atoms in total. The molecule has 3 rings (SSSR count). The number of anilines is 2. The molecule has 5 heteroatoms. The second-order valence-corrected chi connectivity index (χ2v) is 5.93. The van der Waals surface area contributed by atoms with Gasteiger partial charge in [-0.15, -0.1) is 0 Å². The number of hydrogen-bond acceptors (Lipinski definition) is 4. The Morgan fingerprint density at radius 3 is 2.58 bits per heavy atom. The maximum Gasteiger partial charge on any atom is 0.239 e. The van der Waals surface area contributed by atoms with Crippen LogP contribution in [0.15, 0.2) is 59.6 Å². The predicted molar refractivity (Wildman–Crippen MR) is 98.5 cm³/mol. The molecule has 0 spiro atoms. The van der Waals surface area contributed by atoms with E-state index in [9.17, 15) is 4.79 Å². The second kappa shape index (κ2) is 7.64. The van der Waals surface area contributed by atoms with Crippen LogP contribution in [0.3, 0.4) is 0 Å². The molecule has 1 amide bonds. The van der Waals surface area contributed by atoms with Gasteiger partial charge in [-0.2, -0.15) is 0 Å². The van der Waals surface area contributed by atoms with Gasteiger partial charge in [0.2, 0.25) is 5.91 Å². The molecule has 1 atom stereocenters. The van der Waals surface area contributed by atoms with E-state index in [0.717, 1.165) is 23.5 Å². The standard InChI is InChI=1S/C19H22N4O/c1-15-13-23(14-22-15)18-9-7-17(8-10-18)20-12-19(24)21-11-16-5-3-2-4-6-16/h2-10,14-15,20H,11-13H2,1H3,(H,21,24). The summed E-state index contributed by atoms with van der Waals surface area (Å²) in [6, 6.07) is 18.3. The molecule has 2 aromatic rings. The molecule has 124 valence electrons. The van der Waals surface area contributed by atoms with Crippen molar-refractivity contribution in [2.75, 3.05) is 23.3 Å². The second-order valence-electron chi connectivity index (χ2n) is 5.93. The number of nitrogens with one attached hydrogen (secondary N) is 2. The fraction of sp³-hybridized carbons (Fsp3) is 0.263. The van der Waals surface area contributed by atoms with E-state index >= 15 is 0 Å². The van der Waals surface area contributed by atoms with Crippen molar-refractivity contribution in [2.24, 2.45) is 4.99 Å². The van der Waals surface area contributed by atoms with Gasteiger partial charge in [-0.05, 0) is 36.8 Å². The number of hydrogen-bond donors (Lipinski definition) is 2. The minimum atomic E-state index is -0.0246. The molecule has 0 bridgehead atoms. The topological polar surface area (TPSA) is 56.7 Å². The third kappa shape index (κ3) is 4.35. The molecule has 0 fully saturated rings. The molecule has 0 radical (unpaired) electrons. The first-order chi connectivity index (χ1) is 11.7. The summed E-state index contributed by atoms with van der Waals surface area (Å²) in [4.78, 5) is 18.4. The van der Waals surface area contributed by atoms with Crippen molar-refractivity contribution in [3.05, 3.63) is 60.2 Å². The van der Waals surface area contributed by atoms with Crippen molar-refractivity contribution >= 4 is 23.6 Å². The summed E-state index contributed by atoms with van der Waals surface area (Å²) in [7, 11) is 0. The van der Waals surface area contributed by atoms with E-state index in [4.69, 9.17) is 0 Å². The summed E-state index contributed by atoms with van der Waals surface area (Å²) in [6.45, 7) is 3.82. The molecule has 1 aliphatic rings. The number of carbonyl (C=O) groups is 1. The number of aliphatic imine (C=N–C) groups is 1. The zero-order chi connectivity index (χ0) is 16.8. The molecule has 24 heavy (non-hydrogen) atoms. The Labute approximate surface area is 142 Å². The van der Waals surface area contributed by atoms with Crippen molar-refractivity contribution in [3.8, 4) is 0 Å². The Morgan fingerprint density at radius 2 is 1.92 bits per heavy atom. The number of amides is 1. The van der Waals surface area contributed by atoms with Crippen molar-refractivity contribution in [3.63, 3.8) is 0 Å². The molecule has 2 N–H and O–H groups in total. The zero-order valence-electron chi connectivity index (χ0n) is 13.8. The minimum Gasteiger partial charge on any atom is -0.376 e. The Hall–Kier alpha value is -2.82. The van der Waals surface area contributed by atoms with Gasteiger partial charge in [0.1, 0.15) is 0 Å². The average molecular weight is 322 g/mol. The van der Waals surface area contributed by atoms with Crippen LogP contribution in [0, 0.1) is 0 Å². The highest BCUT2D eigenvalue weighted by molar-refractivity contribution is 5.83. The first kappa shape index (κ1) is 16.1. The van der Waals surface area contributed by atoms with Gasteiger partial charge in [-0.1, -0.05) is 30.3 Å². The van der Waals surface area contributed by atoms with Crippen LogP contribution in [-0.4, -0.2) is 31.4 Å². The van der Waals surface area contributed by atoms with E-state index in [1.165, 1.54) is 0 Å². The first-order valence-corrected chi connectivity index (χ1v) is 8.15. The molecule has 2 aromatic carbocycles. The van der Waals surface area contributed by atoms with E-state index in [-0.39, 0.29) is 12.5 Å². The SMILES string of the molecule is CC1CN(c2ccc(NCC(=O)NCc3ccccc3)cc2)C=N1. The maximum absolute atomic E-state index is 11.9. The molecule has 0 saturated carbocycles. The molecular formula is C19H22N4O. The van der Waals surface area contributed by atoms with Gasteiger partial charge in [0.05, 0.1) is 18.9 Å². The van der Waals surface area contributed by atoms with E-state index in [0.29, 0.717) is 12.6 Å². The quantitative estimate of drug-likeness (QED) is 0.859. The normalized spacial score (nSPS) is 16.2. The Kier molecular flexibility index (Phi) is 5.11. The number of nitrogens with zero attached hydrogens (tertiary/aromatic N) is 2. The van der Waals surface area contributed by atoms with Crippen molar-refractivity contribution < 1.29 is 4.79 Å². The maximum atomic E-state index is 11.9. The van der Waals surface area contributed by atoms with Crippen molar-refractivity contribution in [1.29, 1.82) is 0 Å². The van der Waals surface area contributed by atoms with Crippen LogP contribution < -0.4 is 15.5 Å². The van der Waals surface area contributed by atoms with Crippen LogP contribution in [0.4, 0.5) is 11.4 Å². The number of benzene rings is 2. The third-order valence-electron chi connectivity index (χ3n) is 3.91. The summed E-state index contributed by atoms with van der Waals surface area (Å²) in [6.07, 6.45) is 1.88. The Balaban J connectivity index is 1.44. The van der Waals surface area contributed by atoms with Crippen LogP contribution >= 0.6 is 0 Å². The first-order valence-electron chi connectivity index (χ1n) is 8.15. The van der Waals surface area contributed by atoms with Crippen LogP contribution in [0.25, 0.3) is 0 Å². The monoisotopic (exact) mass is 322 g/mol. The average Bonchev–Trinajstić information content (AvgIpc) is 3.06. The predicted octanol–water partition coefficient (Wildman–Crippen LogP) is 2.65. The fourth-order valence-electron chi connectivity index (χ4n) is 2.56. The van der Waals surface area contributed by atoms with Crippen molar-refractivity contribution in [1.82, 2.24) is 5.32 Å². The highest BCUT2D eigenvalue weighted by Gasteiger charge is 2.13. The lowest BCUT2D eigenvalue weighted by atomic mass is 10.2. The van der Waals surface area contributed by atoms with Gasteiger partial charge in [0.25, 0.3) is 0 Å². The van der Waals surface area contributed by atoms with Gasteiger partial charge in [-0.25, -0.2) is 0 Å². The van der Waals surface area contributed by atoms with E-state index in [2.05, 4.69) is 27.4 Å². The fourth-order valence-corrected chi connectivity index (χ4v) is 2.56. The summed E-state index contributed by atoms with van der Waals surface area (Å²) >= 11 is 0. The number of rotatable bonds is 6. The highest BCUT2D eigenvalue weighted by Crippen LogP contribution is 2.19. The number of carbonyl (C=O) groups excluding carboxylic acids is 1. The lowest BCUT2D eigenvalue weighted by Gasteiger charge is -2.15. The highest BCUT2D eigenvalue weighted by atomic mass is 16.1. The molecule has 1 aliphatic heterocycles. The molecular weight excluding hydrogens is 300 g/mol. The summed E-state index contributed by atoms with van der Waals surface area (Å²) in [5.74, 6) is -0.0246. The third-order valence-corrected chi connectivity index (χ3v) is 3.91. The van der Waals surface area contributed by atoms with Crippen LogP contribution in [0.5, 0.6) is 0 Å². The zero-order valence-corrected chi connectivity index (χ0v) is 13.8. The molecule has 0 saturated heterocycles. The van der Waals surface area contributed by atoms with Gasteiger partial charge in [0, 0.05) is 24.5 Å². The molecule has 0 aromatic heterocycles. The van der Waals surface area contributed by atoms with Gasteiger partial charge >= 0.3 is 0 Å². The Morgan fingerprint density at radius 1 is 1.17 bits per heavy atom. The van der Waals surface area contributed by atoms with Crippen LogP contribution in [0.2, 0.25) is 0 Å². The van der Waals surface area contributed by atoms with Gasteiger partial charge in [0.15, 0.2) is 0 Å². The molecule has 0 aliphatic carbocycles. The lowest BCUT2D eigenvalue weighted by Crippen LogP contribution is -2.29. The smallest absolute Gasteiger partial charge is 0.239 e. The lowest BCUT2D eigenvalue weighted by molar-refractivity contribution is -0.119. The summed E-state index contributed by atoms with van der Waals surface area (Å²) < 4.78 is 0. The molecule has 1 heterocycles. The van der Waals surface area contributed by atoms with Crippen LogP contribution in [0.1, 0.15) is 12.5 Å². The minimum absolute atomic E-state index is 0.0246. The largest absolute Gasteiger partial charge is 0.376 e. The van der Waals surface area contributed by atoms with E-state index < -0.39 is 0 Å². The summed E-state index contributed by atoms with van der Waals surface area (Å²) in [5, 5.41) is 6.05. The molecule has 1 unspecified atom stereocenters. The van der Waals surface area contributed by atoms with Crippen LogP contribution in [-0.2, 0) is 11.3 Å². The van der Waals surface area contributed by atoms with E-state index in [1.807, 2.05) is 60.9 Å². The van der Waals surface area contributed by atoms with Gasteiger partial charge in [-0.3, -0.25) is 9.79 Å². The van der Waals surface area contributed by atoms with E-state index in [1.54, 1.807) is 0 Å². The Bertz CT molecular complexity index is 697.